The Balaban J connectivity index is 1.85. The second-order valence-electron chi connectivity index (χ2n) is 6.96. The summed E-state index contributed by atoms with van der Waals surface area (Å²) < 4.78 is 27.3. The van der Waals surface area contributed by atoms with Crippen molar-refractivity contribution in [3.63, 3.8) is 0 Å². The zero-order valence-corrected chi connectivity index (χ0v) is 17.5. The third kappa shape index (κ3) is 3.66. The van der Waals surface area contributed by atoms with Gasteiger partial charge >= 0.3 is 5.97 Å². The minimum atomic E-state index is -0.746. The Morgan fingerprint density at radius 2 is 1.68 bits per heavy atom. The minimum absolute atomic E-state index is 0.0413. The van der Waals surface area contributed by atoms with Crippen molar-refractivity contribution in [3.05, 3.63) is 75.6 Å². The fourth-order valence-corrected chi connectivity index (χ4v) is 3.21. The number of aryl methyl sites for hydroxylation is 2. The van der Waals surface area contributed by atoms with E-state index < -0.39 is 11.4 Å². The van der Waals surface area contributed by atoms with E-state index in [4.69, 9.17) is 23.0 Å². The highest BCUT2D eigenvalue weighted by Gasteiger charge is 2.24. The number of hydrogen-bond donors (Lipinski definition) is 0. The molecule has 0 N–H and O–H groups in total. The van der Waals surface area contributed by atoms with Crippen LogP contribution < -0.4 is 19.6 Å². The van der Waals surface area contributed by atoms with Gasteiger partial charge in [0.05, 0.1) is 31.4 Å². The van der Waals surface area contributed by atoms with E-state index in [-0.39, 0.29) is 22.8 Å². The third-order valence-electron chi connectivity index (χ3n) is 5.02. The van der Waals surface area contributed by atoms with E-state index in [9.17, 15) is 9.59 Å². The first-order valence-electron chi connectivity index (χ1n) is 9.49. The van der Waals surface area contributed by atoms with Crippen LogP contribution in [0.2, 0.25) is 0 Å². The maximum atomic E-state index is 13.3. The number of ether oxygens (including phenoxy) is 3. The maximum Gasteiger partial charge on any atom is 0.343 e. The first-order chi connectivity index (χ1) is 14.9. The lowest BCUT2D eigenvalue weighted by Gasteiger charge is -2.12. The molecule has 2 heterocycles. The number of rotatable bonds is 5. The highest BCUT2D eigenvalue weighted by molar-refractivity contribution is 5.93. The number of hydrogen-bond acceptors (Lipinski definition) is 7. The largest absolute Gasteiger partial charge is 0.493 e. The van der Waals surface area contributed by atoms with Gasteiger partial charge in [0, 0.05) is 0 Å². The molecule has 0 fully saturated rings. The van der Waals surface area contributed by atoms with Crippen LogP contribution in [0.1, 0.15) is 21.5 Å². The molecule has 0 radical (unpaired) electrons. The molecule has 0 aliphatic carbocycles. The summed E-state index contributed by atoms with van der Waals surface area (Å²) in [7, 11) is 2.96. The molecule has 0 aliphatic rings. The second-order valence-corrected chi connectivity index (χ2v) is 6.96. The molecule has 0 unspecified atom stereocenters. The van der Waals surface area contributed by atoms with Gasteiger partial charge in [-0.15, -0.1) is 0 Å². The molecule has 7 nitrogen and oxygen atoms in total. The zero-order valence-electron chi connectivity index (χ0n) is 17.5. The molecule has 31 heavy (non-hydrogen) atoms. The molecule has 2 aromatic carbocycles. The van der Waals surface area contributed by atoms with E-state index in [0.29, 0.717) is 22.5 Å². The van der Waals surface area contributed by atoms with Crippen molar-refractivity contribution in [2.75, 3.05) is 14.2 Å². The van der Waals surface area contributed by atoms with E-state index in [1.165, 1.54) is 32.6 Å². The van der Waals surface area contributed by atoms with Gasteiger partial charge in [-0.2, -0.15) is 0 Å². The van der Waals surface area contributed by atoms with E-state index in [2.05, 4.69) is 0 Å². The molecule has 0 saturated carbocycles. The van der Waals surface area contributed by atoms with Crippen molar-refractivity contribution in [1.29, 1.82) is 0 Å². The summed E-state index contributed by atoms with van der Waals surface area (Å²) >= 11 is 0. The Kier molecular flexibility index (Phi) is 5.25. The zero-order chi connectivity index (χ0) is 22.1. The average Bonchev–Trinajstić information content (AvgIpc) is 3.31. The van der Waals surface area contributed by atoms with Crippen LogP contribution in [-0.4, -0.2) is 20.2 Å². The lowest BCUT2D eigenvalue weighted by Crippen LogP contribution is -2.16. The van der Waals surface area contributed by atoms with Crippen molar-refractivity contribution in [3.8, 4) is 28.8 Å². The molecule has 158 valence electrons. The Labute approximate surface area is 177 Å². The number of benzene rings is 2. The van der Waals surface area contributed by atoms with Gasteiger partial charge in [-0.3, -0.25) is 4.79 Å². The molecule has 2 aromatic heterocycles. The van der Waals surface area contributed by atoms with E-state index in [0.717, 1.165) is 11.1 Å². The van der Waals surface area contributed by atoms with Crippen LogP contribution in [0.25, 0.3) is 22.5 Å². The normalized spacial score (nSPS) is 10.8. The van der Waals surface area contributed by atoms with Crippen LogP contribution >= 0.6 is 0 Å². The number of carbonyl (C=O) groups excluding carboxylic acids is 1. The van der Waals surface area contributed by atoms with Crippen molar-refractivity contribution < 1.29 is 27.8 Å². The van der Waals surface area contributed by atoms with Crippen LogP contribution in [0.3, 0.4) is 0 Å². The van der Waals surface area contributed by atoms with Crippen LogP contribution in [0, 0.1) is 13.8 Å². The summed E-state index contributed by atoms with van der Waals surface area (Å²) in [5.74, 6) is 0.146. The van der Waals surface area contributed by atoms with Gasteiger partial charge in [-0.05, 0) is 67.4 Å². The topological polar surface area (TPSA) is 88.1 Å². The second kappa shape index (κ2) is 8.02. The SMILES string of the molecule is COc1ccc(C(=O)Oc2c(-c3ccco3)oc3cc(C)c(C)cc3c2=O)cc1OC. The van der Waals surface area contributed by atoms with Gasteiger partial charge in [0.25, 0.3) is 0 Å². The predicted molar refractivity (Wildman–Crippen MR) is 114 cm³/mol. The molecule has 0 bridgehead atoms. The monoisotopic (exact) mass is 420 g/mol. The van der Waals surface area contributed by atoms with Crippen molar-refractivity contribution in [1.82, 2.24) is 0 Å². The fraction of sp³-hybridized carbons (Fsp3) is 0.167. The Morgan fingerprint density at radius 3 is 2.35 bits per heavy atom. The summed E-state index contributed by atoms with van der Waals surface area (Å²) in [6.07, 6.45) is 1.44. The van der Waals surface area contributed by atoms with E-state index >= 15 is 0 Å². The van der Waals surface area contributed by atoms with Gasteiger partial charge < -0.3 is 23.0 Å². The fourth-order valence-electron chi connectivity index (χ4n) is 3.21. The number of esters is 1. The van der Waals surface area contributed by atoms with Crippen LogP contribution in [-0.2, 0) is 0 Å². The van der Waals surface area contributed by atoms with Crippen molar-refractivity contribution in [2.24, 2.45) is 0 Å². The highest BCUT2D eigenvalue weighted by Crippen LogP contribution is 2.33. The van der Waals surface area contributed by atoms with Gasteiger partial charge in [0.15, 0.2) is 17.3 Å². The predicted octanol–water partition coefficient (Wildman–Crippen LogP) is 4.91. The quantitative estimate of drug-likeness (QED) is 0.424. The van der Waals surface area contributed by atoms with E-state index in [1.807, 2.05) is 13.8 Å². The van der Waals surface area contributed by atoms with Crippen LogP contribution in [0.5, 0.6) is 17.2 Å². The molecule has 0 atom stereocenters. The molecule has 0 amide bonds. The summed E-state index contributed by atoms with van der Waals surface area (Å²) in [6, 6.07) is 11.3. The Morgan fingerprint density at radius 1 is 0.935 bits per heavy atom. The summed E-state index contributed by atoms with van der Waals surface area (Å²) in [4.78, 5) is 26.2. The molecule has 0 spiro atoms. The molecular weight excluding hydrogens is 400 g/mol. The van der Waals surface area contributed by atoms with Crippen molar-refractivity contribution >= 4 is 16.9 Å². The number of fused-ring (bicyclic) bond motifs is 1. The standard InChI is InChI=1S/C24H20O7/c1-13-10-16-19(11-14(13)2)30-22(18-6-5-9-29-18)23(21(16)25)31-24(26)15-7-8-17(27-3)20(12-15)28-4/h5-12H,1-4H3. The highest BCUT2D eigenvalue weighted by atomic mass is 16.5. The van der Waals surface area contributed by atoms with Crippen molar-refractivity contribution in [2.45, 2.75) is 13.8 Å². The summed E-state index contributed by atoms with van der Waals surface area (Å²) in [5.41, 5.74) is 1.98. The van der Waals surface area contributed by atoms with Gasteiger partial charge in [0.2, 0.25) is 16.9 Å². The van der Waals surface area contributed by atoms with Gasteiger partial charge in [-0.25, -0.2) is 4.79 Å². The first kappa shape index (κ1) is 20.3. The van der Waals surface area contributed by atoms with Crippen LogP contribution in [0.4, 0.5) is 0 Å². The number of carbonyl (C=O) groups is 1. The molecular formula is C24H20O7. The van der Waals surface area contributed by atoms with E-state index in [1.54, 1.807) is 30.3 Å². The lowest BCUT2D eigenvalue weighted by molar-refractivity contribution is 0.0730. The molecule has 0 aliphatic heterocycles. The Bertz CT molecular complexity index is 1330. The smallest absolute Gasteiger partial charge is 0.343 e. The molecule has 7 heteroatoms. The molecule has 0 saturated heterocycles. The number of furan rings is 1. The first-order valence-corrected chi connectivity index (χ1v) is 9.49. The average molecular weight is 420 g/mol. The van der Waals surface area contributed by atoms with Gasteiger partial charge in [0.1, 0.15) is 5.58 Å². The molecule has 4 aromatic rings. The minimum Gasteiger partial charge on any atom is -0.493 e. The maximum absolute atomic E-state index is 13.3. The Hall–Kier alpha value is -4.00. The lowest BCUT2D eigenvalue weighted by atomic mass is 10.1. The number of methoxy groups -OCH3 is 2. The summed E-state index contributed by atoms with van der Waals surface area (Å²) in [5, 5.41) is 0.313. The van der Waals surface area contributed by atoms with Crippen LogP contribution in [0.15, 0.2) is 62.4 Å². The molecule has 4 rings (SSSR count). The third-order valence-corrected chi connectivity index (χ3v) is 5.02. The summed E-state index contributed by atoms with van der Waals surface area (Å²) in [6.45, 7) is 3.82. The van der Waals surface area contributed by atoms with Gasteiger partial charge in [-0.1, -0.05) is 0 Å².